The van der Waals surface area contributed by atoms with Crippen LogP contribution in [0.4, 0.5) is 11.5 Å². The average molecular weight is 303 g/mol. The van der Waals surface area contributed by atoms with E-state index in [4.69, 9.17) is 4.74 Å². The van der Waals surface area contributed by atoms with Crippen molar-refractivity contribution < 1.29 is 9.66 Å². The Balaban J connectivity index is 2.01. The van der Waals surface area contributed by atoms with Crippen molar-refractivity contribution in [2.75, 3.05) is 31.2 Å². The maximum Gasteiger partial charge on any atom is 0.312 e. The summed E-state index contributed by atoms with van der Waals surface area (Å²) in [5.41, 5.74) is 0.465. The van der Waals surface area contributed by atoms with E-state index in [1.165, 1.54) is 24.4 Å². The van der Waals surface area contributed by atoms with Crippen LogP contribution in [0.25, 0.3) is 11.3 Å². The van der Waals surface area contributed by atoms with Gasteiger partial charge in [-0.1, -0.05) is 0 Å². The quantitative estimate of drug-likeness (QED) is 0.651. The van der Waals surface area contributed by atoms with Gasteiger partial charge in [-0.15, -0.1) is 0 Å². The lowest BCUT2D eigenvalue weighted by Gasteiger charge is -2.27. The molecule has 0 amide bonds. The molecule has 1 N–H and O–H groups in total. The molecular formula is C13H13N5O4. The Kier molecular flexibility index (Phi) is 3.79. The van der Waals surface area contributed by atoms with Gasteiger partial charge in [0.2, 0.25) is 5.82 Å². The van der Waals surface area contributed by atoms with E-state index in [0.717, 1.165) is 0 Å². The zero-order valence-corrected chi connectivity index (χ0v) is 11.6. The van der Waals surface area contributed by atoms with E-state index in [-0.39, 0.29) is 11.2 Å². The van der Waals surface area contributed by atoms with Gasteiger partial charge in [-0.2, -0.15) is 5.10 Å². The van der Waals surface area contributed by atoms with E-state index in [0.29, 0.717) is 43.4 Å². The zero-order valence-electron chi connectivity index (χ0n) is 11.6. The zero-order chi connectivity index (χ0) is 15.5. The number of nitrogens with one attached hydrogen (secondary N) is 1. The third-order valence-electron chi connectivity index (χ3n) is 3.33. The van der Waals surface area contributed by atoms with Crippen molar-refractivity contribution in [3.63, 3.8) is 0 Å². The number of nitro groups is 1. The van der Waals surface area contributed by atoms with Gasteiger partial charge in [-0.25, -0.2) is 10.1 Å². The number of morpholine rings is 1. The fourth-order valence-corrected chi connectivity index (χ4v) is 2.24. The normalized spacial score (nSPS) is 14.8. The predicted octanol–water partition coefficient (Wildman–Crippen LogP) is 0.577. The number of anilines is 1. The SMILES string of the molecule is O=c1ccc(-c2cnc(N3CCOCC3)c([N+](=O)[O-])c2)n[nH]1. The number of nitrogens with zero attached hydrogens (tertiary/aromatic N) is 4. The van der Waals surface area contributed by atoms with Crippen LogP contribution in [0.5, 0.6) is 0 Å². The fourth-order valence-electron chi connectivity index (χ4n) is 2.24. The summed E-state index contributed by atoms with van der Waals surface area (Å²) in [6.07, 6.45) is 1.51. The maximum absolute atomic E-state index is 11.3. The van der Waals surface area contributed by atoms with Gasteiger partial charge in [0, 0.05) is 37.0 Å². The third-order valence-corrected chi connectivity index (χ3v) is 3.33. The first-order chi connectivity index (χ1) is 10.6. The lowest BCUT2D eigenvalue weighted by atomic mass is 10.2. The van der Waals surface area contributed by atoms with Gasteiger partial charge >= 0.3 is 5.69 Å². The van der Waals surface area contributed by atoms with E-state index >= 15 is 0 Å². The van der Waals surface area contributed by atoms with E-state index in [9.17, 15) is 14.9 Å². The highest BCUT2D eigenvalue weighted by Gasteiger charge is 2.24. The Morgan fingerprint density at radius 3 is 2.73 bits per heavy atom. The number of aromatic amines is 1. The molecule has 0 aromatic carbocycles. The predicted molar refractivity (Wildman–Crippen MR) is 77.8 cm³/mol. The molecule has 3 heterocycles. The Morgan fingerprint density at radius 1 is 1.32 bits per heavy atom. The molecule has 9 nitrogen and oxygen atoms in total. The second-order valence-corrected chi connectivity index (χ2v) is 4.73. The summed E-state index contributed by atoms with van der Waals surface area (Å²) in [6, 6.07) is 4.22. The summed E-state index contributed by atoms with van der Waals surface area (Å²) >= 11 is 0. The Hall–Kier alpha value is -2.81. The summed E-state index contributed by atoms with van der Waals surface area (Å²) < 4.78 is 5.24. The molecule has 22 heavy (non-hydrogen) atoms. The molecule has 1 aliphatic heterocycles. The molecule has 0 aliphatic carbocycles. The standard InChI is InChI=1S/C13H13N5O4/c19-12-2-1-10(15-16-12)9-7-11(18(20)21)13(14-8-9)17-3-5-22-6-4-17/h1-2,7-8H,3-6H2,(H,16,19). The van der Waals surface area contributed by atoms with Crippen LogP contribution in [-0.2, 0) is 4.74 Å². The molecule has 0 spiro atoms. The average Bonchev–Trinajstić information content (AvgIpc) is 2.56. The van der Waals surface area contributed by atoms with Crippen molar-refractivity contribution in [1.29, 1.82) is 0 Å². The van der Waals surface area contributed by atoms with Crippen molar-refractivity contribution in [2.45, 2.75) is 0 Å². The van der Waals surface area contributed by atoms with Gasteiger partial charge in [-0.05, 0) is 6.07 Å². The molecule has 0 radical (unpaired) electrons. The minimum atomic E-state index is -0.465. The second kappa shape index (κ2) is 5.90. The molecule has 0 saturated carbocycles. The van der Waals surface area contributed by atoms with Gasteiger partial charge in [0.15, 0.2) is 0 Å². The number of hydrogen-bond acceptors (Lipinski definition) is 7. The molecule has 3 rings (SSSR count). The highest BCUT2D eigenvalue weighted by molar-refractivity contribution is 5.68. The van der Waals surface area contributed by atoms with Crippen molar-refractivity contribution in [1.82, 2.24) is 15.2 Å². The summed E-state index contributed by atoms with van der Waals surface area (Å²) in [5.74, 6) is 0.321. The molecule has 1 fully saturated rings. The van der Waals surface area contributed by atoms with Gasteiger partial charge in [-0.3, -0.25) is 14.9 Å². The molecule has 114 valence electrons. The molecule has 0 unspecified atom stereocenters. The topological polar surface area (TPSA) is 114 Å². The maximum atomic E-state index is 11.3. The van der Waals surface area contributed by atoms with E-state index in [1.807, 2.05) is 4.90 Å². The highest BCUT2D eigenvalue weighted by atomic mass is 16.6. The van der Waals surface area contributed by atoms with Gasteiger partial charge in [0.1, 0.15) is 0 Å². The van der Waals surface area contributed by atoms with Crippen molar-refractivity contribution in [3.8, 4) is 11.3 Å². The molecule has 0 bridgehead atoms. The highest BCUT2D eigenvalue weighted by Crippen LogP contribution is 2.30. The van der Waals surface area contributed by atoms with Gasteiger partial charge < -0.3 is 9.64 Å². The smallest absolute Gasteiger partial charge is 0.312 e. The van der Waals surface area contributed by atoms with Crippen LogP contribution in [0, 0.1) is 10.1 Å². The van der Waals surface area contributed by atoms with Crippen LogP contribution in [0.15, 0.2) is 29.2 Å². The molecule has 1 aliphatic rings. The van der Waals surface area contributed by atoms with Crippen LogP contribution in [0.3, 0.4) is 0 Å². The summed E-state index contributed by atoms with van der Waals surface area (Å²) in [5, 5.41) is 17.5. The number of pyridine rings is 1. The van der Waals surface area contributed by atoms with Crippen LogP contribution < -0.4 is 10.5 Å². The molecular weight excluding hydrogens is 290 g/mol. The first kappa shape index (κ1) is 14.1. The van der Waals surface area contributed by atoms with Crippen molar-refractivity contribution in [2.24, 2.45) is 0 Å². The Bertz CT molecular complexity index is 734. The Morgan fingerprint density at radius 2 is 2.09 bits per heavy atom. The van der Waals surface area contributed by atoms with Crippen molar-refractivity contribution in [3.05, 3.63) is 44.9 Å². The first-order valence-corrected chi connectivity index (χ1v) is 6.68. The fraction of sp³-hybridized carbons (Fsp3) is 0.308. The molecule has 2 aromatic heterocycles. The third kappa shape index (κ3) is 2.79. The largest absolute Gasteiger partial charge is 0.378 e. The van der Waals surface area contributed by atoms with E-state index in [2.05, 4.69) is 15.2 Å². The summed E-state index contributed by atoms with van der Waals surface area (Å²) in [6.45, 7) is 2.15. The summed E-state index contributed by atoms with van der Waals surface area (Å²) in [4.78, 5) is 27.9. The van der Waals surface area contributed by atoms with Crippen molar-refractivity contribution >= 4 is 11.5 Å². The summed E-state index contributed by atoms with van der Waals surface area (Å²) in [7, 11) is 0. The van der Waals surface area contributed by atoms with Crippen LogP contribution in [-0.4, -0.2) is 46.4 Å². The Labute approximate surface area is 124 Å². The number of aromatic nitrogens is 3. The molecule has 9 heteroatoms. The lowest BCUT2D eigenvalue weighted by molar-refractivity contribution is -0.384. The van der Waals surface area contributed by atoms with Crippen LogP contribution >= 0.6 is 0 Å². The first-order valence-electron chi connectivity index (χ1n) is 6.68. The minimum Gasteiger partial charge on any atom is -0.378 e. The van der Waals surface area contributed by atoms with Crippen LogP contribution in [0.1, 0.15) is 0 Å². The number of hydrogen-bond donors (Lipinski definition) is 1. The number of H-pyrrole nitrogens is 1. The van der Waals surface area contributed by atoms with E-state index < -0.39 is 4.92 Å². The molecule has 2 aromatic rings. The molecule has 1 saturated heterocycles. The second-order valence-electron chi connectivity index (χ2n) is 4.73. The van der Waals surface area contributed by atoms with Crippen LogP contribution in [0.2, 0.25) is 0 Å². The van der Waals surface area contributed by atoms with E-state index in [1.54, 1.807) is 0 Å². The number of ether oxygens (including phenoxy) is 1. The molecule has 0 atom stereocenters. The van der Waals surface area contributed by atoms with Gasteiger partial charge in [0.05, 0.1) is 23.8 Å². The minimum absolute atomic E-state index is 0.0904. The monoisotopic (exact) mass is 303 g/mol. The number of rotatable bonds is 3. The van der Waals surface area contributed by atoms with Gasteiger partial charge in [0.25, 0.3) is 5.56 Å². The lowest BCUT2D eigenvalue weighted by Crippen LogP contribution is -2.37.